The molecular weight excluding hydrogens is 352 g/mol. The third kappa shape index (κ3) is 2.63. The lowest BCUT2D eigenvalue weighted by Crippen LogP contribution is -2.25. The molecule has 92 valence electrons. The van der Waals surface area contributed by atoms with Gasteiger partial charge in [-0.3, -0.25) is 4.79 Å². The Hall–Kier alpha value is -0.620. The molecule has 1 aliphatic rings. The van der Waals surface area contributed by atoms with Crippen molar-refractivity contribution in [3.05, 3.63) is 16.7 Å². The van der Waals surface area contributed by atoms with Gasteiger partial charge in [-0.2, -0.15) is 0 Å². The van der Waals surface area contributed by atoms with E-state index in [1.165, 1.54) is 0 Å². The lowest BCUT2D eigenvalue weighted by molar-refractivity contribution is -0.117. The summed E-state index contributed by atoms with van der Waals surface area (Å²) in [6.45, 7) is 0.712. The first kappa shape index (κ1) is 12.8. The van der Waals surface area contributed by atoms with Crippen LogP contribution in [0.2, 0.25) is 0 Å². The molecule has 2 rings (SSSR count). The van der Waals surface area contributed by atoms with Crippen LogP contribution < -0.4 is 9.64 Å². The summed E-state index contributed by atoms with van der Waals surface area (Å²) in [5.74, 6) is 0.954. The molecule has 1 saturated heterocycles. The monoisotopic (exact) mass is 362 g/mol. The first-order valence-corrected chi connectivity index (χ1v) is 7.14. The lowest BCUT2D eigenvalue weighted by Gasteiger charge is -2.18. The number of ether oxygens (including phenoxy) is 1. The van der Waals surface area contributed by atoms with Gasteiger partial charge in [0.05, 0.1) is 7.11 Å². The second-order valence-electron chi connectivity index (χ2n) is 3.89. The van der Waals surface area contributed by atoms with Crippen molar-refractivity contribution in [1.82, 2.24) is 4.98 Å². The Bertz CT molecular complexity index is 439. The van der Waals surface area contributed by atoms with Crippen LogP contribution in [0.1, 0.15) is 6.42 Å². The largest absolute Gasteiger partial charge is 0.479 e. The van der Waals surface area contributed by atoms with Gasteiger partial charge in [0.2, 0.25) is 11.8 Å². The minimum Gasteiger partial charge on any atom is -0.479 e. The van der Waals surface area contributed by atoms with Gasteiger partial charge in [0.1, 0.15) is 10.3 Å². The first-order chi connectivity index (χ1) is 8.15. The van der Waals surface area contributed by atoms with Gasteiger partial charge >= 0.3 is 0 Å². The third-order valence-electron chi connectivity index (χ3n) is 2.71. The van der Waals surface area contributed by atoms with E-state index in [1.54, 1.807) is 12.0 Å². The number of nitrogens with zero attached hydrogens (tertiary/aromatic N) is 2. The number of anilines is 1. The average molecular weight is 364 g/mol. The number of carbonyl (C=O) groups is 1. The van der Waals surface area contributed by atoms with Crippen LogP contribution in [0, 0.1) is 5.92 Å². The van der Waals surface area contributed by atoms with Crippen molar-refractivity contribution in [2.24, 2.45) is 5.92 Å². The quantitative estimate of drug-likeness (QED) is 0.612. The standard InChI is InChI=1S/C11H12Br2N2O2/c1-17-11-8(2-3-9(13)14-11)15-6-7(5-12)4-10(15)16/h2-3,7H,4-6H2,1H3. The van der Waals surface area contributed by atoms with E-state index in [4.69, 9.17) is 4.74 Å². The Labute approximate surface area is 117 Å². The van der Waals surface area contributed by atoms with Crippen LogP contribution in [-0.4, -0.2) is 29.9 Å². The number of pyridine rings is 1. The van der Waals surface area contributed by atoms with Crippen molar-refractivity contribution in [2.45, 2.75) is 6.42 Å². The van der Waals surface area contributed by atoms with Crippen LogP contribution in [-0.2, 0) is 4.79 Å². The molecule has 0 aliphatic carbocycles. The molecule has 1 aliphatic heterocycles. The molecule has 1 atom stereocenters. The molecule has 0 spiro atoms. The van der Waals surface area contributed by atoms with Crippen molar-refractivity contribution < 1.29 is 9.53 Å². The molecule has 1 fully saturated rings. The second-order valence-corrected chi connectivity index (χ2v) is 5.35. The van der Waals surface area contributed by atoms with Crippen LogP contribution >= 0.6 is 31.9 Å². The maximum Gasteiger partial charge on any atom is 0.238 e. The minimum atomic E-state index is 0.122. The zero-order valence-electron chi connectivity index (χ0n) is 9.32. The Balaban J connectivity index is 2.31. The number of halogens is 2. The fraction of sp³-hybridized carbons (Fsp3) is 0.455. The number of rotatable bonds is 3. The van der Waals surface area contributed by atoms with Crippen LogP contribution in [0.15, 0.2) is 16.7 Å². The number of aromatic nitrogens is 1. The van der Waals surface area contributed by atoms with E-state index in [0.717, 1.165) is 11.0 Å². The summed E-state index contributed by atoms with van der Waals surface area (Å²) in [6.07, 6.45) is 0.574. The fourth-order valence-electron chi connectivity index (χ4n) is 1.88. The SMILES string of the molecule is COc1nc(Br)ccc1N1CC(CBr)CC1=O. The molecule has 1 aromatic heterocycles. The Morgan fingerprint density at radius 1 is 1.59 bits per heavy atom. The number of alkyl halides is 1. The zero-order chi connectivity index (χ0) is 12.4. The third-order valence-corrected chi connectivity index (χ3v) is 4.07. The van der Waals surface area contributed by atoms with Gasteiger partial charge in [0, 0.05) is 18.3 Å². The number of hydrogen-bond donors (Lipinski definition) is 0. The fourth-order valence-corrected chi connectivity index (χ4v) is 2.61. The molecule has 1 aromatic rings. The topological polar surface area (TPSA) is 42.4 Å². The average Bonchev–Trinajstić information content (AvgIpc) is 2.70. The number of amides is 1. The highest BCUT2D eigenvalue weighted by molar-refractivity contribution is 9.10. The molecule has 0 N–H and O–H groups in total. The Morgan fingerprint density at radius 3 is 2.94 bits per heavy atom. The maximum absolute atomic E-state index is 11.9. The van der Waals surface area contributed by atoms with Crippen molar-refractivity contribution in [1.29, 1.82) is 0 Å². The summed E-state index contributed by atoms with van der Waals surface area (Å²) in [5, 5.41) is 0.835. The van der Waals surface area contributed by atoms with Crippen LogP contribution in [0.3, 0.4) is 0 Å². The van der Waals surface area contributed by atoms with Gasteiger partial charge in [-0.05, 0) is 34.0 Å². The van der Waals surface area contributed by atoms with Gasteiger partial charge in [0.25, 0.3) is 0 Å². The molecule has 6 heteroatoms. The van der Waals surface area contributed by atoms with E-state index < -0.39 is 0 Å². The number of carbonyl (C=O) groups excluding carboxylic acids is 1. The van der Waals surface area contributed by atoms with E-state index in [-0.39, 0.29) is 5.91 Å². The highest BCUT2D eigenvalue weighted by Crippen LogP contribution is 2.33. The van der Waals surface area contributed by atoms with Gasteiger partial charge in [0.15, 0.2) is 0 Å². The summed E-state index contributed by atoms with van der Waals surface area (Å²) in [7, 11) is 1.56. The molecule has 0 bridgehead atoms. The summed E-state index contributed by atoms with van der Waals surface area (Å²) >= 11 is 6.70. The van der Waals surface area contributed by atoms with Crippen LogP contribution in [0.4, 0.5) is 5.69 Å². The van der Waals surface area contributed by atoms with Crippen molar-refractivity contribution in [3.63, 3.8) is 0 Å². The summed E-state index contributed by atoms with van der Waals surface area (Å²) < 4.78 is 5.91. The van der Waals surface area contributed by atoms with Crippen molar-refractivity contribution in [3.8, 4) is 5.88 Å². The number of hydrogen-bond acceptors (Lipinski definition) is 3. The molecule has 4 nitrogen and oxygen atoms in total. The molecule has 1 unspecified atom stereocenters. The van der Waals surface area contributed by atoms with Gasteiger partial charge in [-0.25, -0.2) is 4.98 Å². The van der Waals surface area contributed by atoms with E-state index in [1.807, 2.05) is 12.1 Å². The number of methoxy groups -OCH3 is 1. The summed E-state index contributed by atoms with van der Waals surface area (Å²) in [6, 6.07) is 3.66. The molecule has 2 heterocycles. The van der Waals surface area contributed by atoms with E-state index >= 15 is 0 Å². The molecule has 0 aromatic carbocycles. The van der Waals surface area contributed by atoms with Crippen LogP contribution in [0.25, 0.3) is 0 Å². The van der Waals surface area contributed by atoms with Crippen molar-refractivity contribution >= 4 is 43.5 Å². The Kier molecular flexibility index (Phi) is 4.04. The first-order valence-electron chi connectivity index (χ1n) is 5.22. The molecule has 17 heavy (non-hydrogen) atoms. The zero-order valence-corrected chi connectivity index (χ0v) is 12.5. The highest BCUT2D eigenvalue weighted by Gasteiger charge is 2.31. The van der Waals surface area contributed by atoms with Crippen molar-refractivity contribution in [2.75, 3.05) is 23.9 Å². The van der Waals surface area contributed by atoms with E-state index in [2.05, 4.69) is 36.8 Å². The molecular formula is C11H12Br2N2O2. The summed E-state index contributed by atoms with van der Waals surface area (Å²) in [5.41, 5.74) is 0.740. The second kappa shape index (κ2) is 5.35. The maximum atomic E-state index is 11.9. The molecule has 0 radical (unpaired) electrons. The van der Waals surface area contributed by atoms with Gasteiger partial charge in [-0.1, -0.05) is 15.9 Å². The predicted octanol–water partition coefficient (Wildman–Crippen LogP) is 2.60. The highest BCUT2D eigenvalue weighted by atomic mass is 79.9. The van der Waals surface area contributed by atoms with E-state index in [9.17, 15) is 4.79 Å². The van der Waals surface area contributed by atoms with Gasteiger partial charge in [-0.15, -0.1) is 0 Å². The predicted molar refractivity (Wildman–Crippen MR) is 72.7 cm³/mol. The Morgan fingerprint density at radius 2 is 2.35 bits per heavy atom. The summed E-state index contributed by atoms with van der Waals surface area (Å²) in [4.78, 5) is 17.9. The lowest BCUT2D eigenvalue weighted by atomic mass is 10.2. The smallest absolute Gasteiger partial charge is 0.238 e. The molecule has 0 saturated carbocycles. The minimum absolute atomic E-state index is 0.122. The van der Waals surface area contributed by atoms with Gasteiger partial charge < -0.3 is 9.64 Å². The van der Waals surface area contributed by atoms with E-state index in [0.29, 0.717) is 29.4 Å². The molecule has 1 amide bonds. The normalized spacial score (nSPS) is 19.8. The van der Waals surface area contributed by atoms with Crippen LogP contribution in [0.5, 0.6) is 5.88 Å².